The van der Waals surface area contributed by atoms with Crippen LogP contribution in [0.25, 0.3) is 21.8 Å². The molecule has 0 unspecified atom stereocenters. The fourth-order valence-electron chi connectivity index (χ4n) is 4.95. The van der Waals surface area contributed by atoms with Crippen molar-refractivity contribution in [3.05, 3.63) is 72.1 Å². The zero-order valence-electron chi connectivity index (χ0n) is 30.8. The van der Waals surface area contributed by atoms with Gasteiger partial charge in [0.05, 0.1) is 0 Å². The molecule has 2 aromatic heterocycles. The molecule has 0 radical (unpaired) electrons. The van der Waals surface area contributed by atoms with Gasteiger partial charge in [-0.3, -0.25) is 0 Å². The summed E-state index contributed by atoms with van der Waals surface area (Å²) in [6, 6.07) is 13.4. The smallest absolute Gasteiger partial charge is 0.408 e. The van der Waals surface area contributed by atoms with Crippen molar-refractivity contribution < 1.29 is 38.9 Å². The van der Waals surface area contributed by atoms with Crippen molar-refractivity contribution in [3.8, 4) is 0 Å². The molecule has 0 saturated carbocycles. The topological polar surface area (TPSA) is 172 Å². The van der Waals surface area contributed by atoms with Crippen LogP contribution in [0.1, 0.15) is 79.4 Å². The molecule has 0 fully saturated rings. The predicted molar refractivity (Wildman–Crippen MR) is 209 cm³/mol. The second-order valence-corrected chi connectivity index (χ2v) is 15.0. The molecule has 0 aliphatic rings. The number of hydrogen-bond donors (Lipinski definition) is 5. The number of para-hydroxylation sites is 2. The number of H-pyrrole nitrogens is 1. The zero-order chi connectivity index (χ0) is 38.4. The highest BCUT2D eigenvalue weighted by Gasteiger charge is 2.26. The molecule has 2 aromatic carbocycles. The number of benzene rings is 2. The molecule has 0 aliphatic heterocycles. The van der Waals surface area contributed by atoms with Crippen molar-refractivity contribution in [1.29, 1.82) is 0 Å². The van der Waals surface area contributed by atoms with Gasteiger partial charge in [-0.2, -0.15) is 0 Å². The highest BCUT2D eigenvalue weighted by Crippen LogP contribution is 2.23. The zero-order valence-corrected chi connectivity index (χ0v) is 33.0. The van der Waals surface area contributed by atoms with Crippen LogP contribution in [-0.2, 0) is 38.4 Å². The van der Waals surface area contributed by atoms with Crippen molar-refractivity contribution in [2.75, 3.05) is 4.43 Å². The molecule has 5 N–H and O–H groups in total. The molecule has 2 atom stereocenters. The quantitative estimate of drug-likeness (QED) is 0.0747. The van der Waals surface area contributed by atoms with Crippen molar-refractivity contribution >= 4 is 68.5 Å². The number of carboxylic acids is 2. The summed E-state index contributed by atoms with van der Waals surface area (Å²) in [4.78, 5) is 49.8. The van der Waals surface area contributed by atoms with Gasteiger partial charge in [0.1, 0.15) is 23.3 Å². The van der Waals surface area contributed by atoms with E-state index in [9.17, 15) is 29.4 Å². The third kappa shape index (κ3) is 14.9. The number of rotatable bonds is 11. The molecular formula is C38H53IN4O8. The summed E-state index contributed by atoms with van der Waals surface area (Å²) >= 11 is 2.35. The maximum Gasteiger partial charge on any atom is 0.408 e. The number of nitrogens with one attached hydrogen (secondary N) is 3. The van der Waals surface area contributed by atoms with Gasteiger partial charge >= 0.3 is 24.1 Å². The van der Waals surface area contributed by atoms with E-state index in [4.69, 9.17) is 9.47 Å². The number of aliphatic carboxylic acids is 2. The Morgan fingerprint density at radius 1 is 0.765 bits per heavy atom. The van der Waals surface area contributed by atoms with Crippen LogP contribution in [0.4, 0.5) is 9.59 Å². The van der Waals surface area contributed by atoms with Crippen LogP contribution in [0, 0.1) is 0 Å². The van der Waals surface area contributed by atoms with Crippen molar-refractivity contribution in [2.24, 2.45) is 0 Å². The minimum atomic E-state index is -1.10. The monoisotopic (exact) mass is 820 g/mol. The van der Waals surface area contributed by atoms with Crippen LogP contribution >= 0.6 is 22.6 Å². The Kier molecular flexibility index (Phi) is 16.8. The SMILES string of the molecule is CC(C)(C)OC(=O)N[C@H](Cc1c[nH]c2ccccc12)C(=O)O.CCCI.CCCn1cc(C[C@@H](NC(=O)OC(C)(C)C)C(=O)O)c2ccccc21. The number of halogens is 1. The Balaban J connectivity index is 0.000000322. The Hall–Kier alpha value is -4.27. The largest absolute Gasteiger partial charge is 0.480 e. The third-order valence-electron chi connectivity index (χ3n) is 7.03. The van der Waals surface area contributed by atoms with Gasteiger partial charge in [0.15, 0.2) is 0 Å². The first-order chi connectivity index (χ1) is 23.9. The molecule has 0 saturated heterocycles. The van der Waals surface area contributed by atoms with Gasteiger partial charge in [0, 0.05) is 53.6 Å². The molecule has 13 heteroatoms. The molecule has 0 spiro atoms. The molecule has 0 aliphatic carbocycles. The number of alkyl halides is 1. The number of aryl methyl sites for hydroxylation is 1. The Bertz CT molecular complexity index is 1730. The standard InChI is InChI=1S/C19H26N2O4.C16H20N2O4.C3H7I/c1-5-10-21-12-13(14-8-6-7-9-16(14)21)11-15(17(22)23)20-18(24)25-19(2,3)4;1-16(2,3)22-15(21)18-13(14(19)20)8-10-9-17-12-7-5-4-6-11(10)12;1-2-3-4/h6-9,12,15H,5,10-11H2,1-4H3,(H,20,24)(H,22,23);4-7,9,13,17H,8H2,1-3H3,(H,18,21)(H,19,20);2-3H2,1H3/t15-;13-;/m11./s1. The number of fused-ring (bicyclic) bond motifs is 2. The maximum atomic E-state index is 11.9. The molecule has 4 aromatic rings. The fourth-order valence-corrected chi connectivity index (χ4v) is 4.95. The Labute approximate surface area is 313 Å². The van der Waals surface area contributed by atoms with Gasteiger partial charge in [-0.1, -0.05) is 72.8 Å². The van der Waals surface area contributed by atoms with Gasteiger partial charge in [0.2, 0.25) is 0 Å². The molecule has 0 bridgehead atoms. The first-order valence-corrected chi connectivity index (χ1v) is 18.5. The van der Waals surface area contributed by atoms with Gasteiger partial charge in [-0.15, -0.1) is 0 Å². The van der Waals surface area contributed by atoms with Crippen LogP contribution in [-0.4, -0.2) is 71.6 Å². The molecular weight excluding hydrogens is 767 g/mol. The first-order valence-electron chi connectivity index (χ1n) is 17.0. The average molecular weight is 821 g/mol. The number of ether oxygens (including phenoxy) is 2. The number of carbonyl (C=O) groups is 4. The summed E-state index contributed by atoms with van der Waals surface area (Å²) in [5.74, 6) is -2.19. The van der Waals surface area contributed by atoms with E-state index >= 15 is 0 Å². The highest BCUT2D eigenvalue weighted by atomic mass is 127. The van der Waals surface area contributed by atoms with E-state index in [1.54, 1.807) is 47.7 Å². The van der Waals surface area contributed by atoms with Crippen LogP contribution in [0.5, 0.6) is 0 Å². The summed E-state index contributed by atoms with van der Waals surface area (Å²) in [6.45, 7) is 15.5. The number of aromatic nitrogens is 2. The van der Waals surface area contributed by atoms with E-state index in [2.05, 4.69) is 56.6 Å². The van der Waals surface area contributed by atoms with E-state index in [1.165, 1.54) is 10.8 Å². The summed E-state index contributed by atoms with van der Waals surface area (Å²) in [7, 11) is 0. The van der Waals surface area contributed by atoms with Crippen molar-refractivity contribution in [3.63, 3.8) is 0 Å². The van der Waals surface area contributed by atoms with Gasteiger partial charge in [-0.25, -0.2) is 19.2 Å². The van der Waals surface area contributed by atoms with E-state index in [-0.39, 0.29) is 12.8 Å². The minimum Gasteiger partial charge on any atom is -0.480 e. The third-order valence-corrected chi connectivity index (χ3v) is 8.10. The molecule has 4 rings (SSSR count). The van der Waals surface area contributed by atoms with Crippen LogP contribution in [0.15, 0.2) is 60.9 Å². The fraction of sp³-hybridized carbons (Fsp3) is 0.474. The van der Waals surface area contributed by atoms with Gasteiger partial charge < -0.3 is 39.9 Å². The van der Waals surface area contributed by atoms with Crippen LogP contribution in [0.3, 0.4) is 0 Å². The number of alkyl carbamates (subject to hydrolysis) is 2. The summed E-state index contributed by atoms with van der Waals surface area (Å²) in [5, 5.41) is 25.6. The number of amides is 2. The van der Waals surface area contributed by atoms with Gasteiger partial charge in [-0.05, 0) is 82.1 Å². The number of carbonyl (C=O) groups excluding carboxylic acids is 2. The molecule has 2 amide bonds. The van der Waals surface area contributed by atoms with Gasteiger partial charge in [0.25, 0.3) is 0 Å². The number of nitrogens with zero attached hydrogens (tertiary/aromatic N) is 1. The number of carboxylic acid groups (broad SMARTS) is 2. The summed E-state index contributed by atoms with van der Waals surface area (Å²) in [6.07, 6.45) is 4.94. The maximum absolute atomic E-state index is 11.9. The van der Waals surface area contributed by atoms with Crippen molar-refractivity contribution in [2.45, 2.75) is 111 Å². The first kappa shape index (κ1) is 42.9. The molecule has 280 valence electrons. The van der Waals surface area contributed by atoms with Crippen molar-refractivity contribution in [1.82, 2.24) is 20.2 Å². The Morgan fingerprint density at radius 2 is 1.24 bits per heavy atom. The molecule has 12 nitrogen and oxygen atoms in total. The minimum absolute atomic E-state index is 0.179. The van der Waals surface area contributed by atoms with E-state index in [0.29, 0.717) is 0 Å². The second-order valence-electron chi connectivity index (χ2n) is 13.9. The molecule has 51 heavy (non-hydrogen) atoms. The normalized spacial score (nSPS) is 12.4. The lowest BCUT2D eigenvalue weighted by molar-refractivity contribution is -0.140. The number of aromatic amines is 1. The van der Waals surface area contributed by atoms with E-state index in [0.717, 1.165) is 45.9 Å². The van der Waals surface area contributed by atoms with E-state index < -0.39 is 47.4 Å². The lowest BCUT2D eigenvalue weighted by atomic mass is 10.1. The summed E-state index contributed by atoms with van der Waals surface area (Å²) in [5.41, 5.74) is 2.38. The second kappa shape index (κ2) is 19.9. The summed E-state index contributed by atoms with van der Waals surface area (Å²) < 4.78 is 13.7. The van der Waals surface area contributed by atoms with E-state index in [1.807, 2.05) is 54.7 Å². The predicted octanol–water partition coefficient (Wildman–Crippen LogP) is 8.09. The lowest BCUT2D eigenvalue weighted by Gasteiger charge is -2.22. The average Bonchev–Trinajstić information content (AvgIpc) is 3.60. The molecule has 2 heterocycles. The number of hydrogen-bond acceptors (Lipinski definition) is 6. The highest BCUT2D eigenvalue weighted by molar-refractivity contribution is 14.1. The van der Waals surface area contributed by atoms with Crippen LogP contribution in [0.2, 0.25) is 0 Å². The lowest BCUT2D eigenvalue weighted by Crippen LogP contribution is -2.44. The van der Waals surface area contributed by atoms with Crippen LogP contribution < -0.4 is 10.6 Å². The Morgan fingerprint density at radius 3 is 1.71 bits per heavy atom.